The Morgan fingerprint density at radius 3 is 2.87 bits per heavy atom. The number of hydrogen-bond donors (Lipinski definition) is 1. The van der Waals surface area contributed by atoms with E-state index in [9.17, 15) is 0 Å². The van der Waals surface area contributed by atoms with Crippen molar-refractivity contribution >= 4 is 27.9 Å². The molecule has 0 amide bonds. The number of likely N-dealkylation sites (tertiary alicyclic amines) is 1. The Morgan fingerprint density at radius 1 is 1.13 bits per heavy atom. The van der Waals surface area contributed by atoms with E-state index in [1.165, 1.54) is 29.0 Å². The van der Waals surface area contributed by atoms with E-state index in [0.717, 1.165) is 47.6 Å². The van der Waals surface area contributed by atoms with Gasteiger partial charge in [-0.25, -0.2) is 15.0 Å². The van der Waals surface area contributed by atoms with Crippen LogP contribution in [-0.4, -0.2) is 37.3 Å². The van der Waals surface area contributed by atoms with Crippen molar-refractivity contribution in [2.45, 2.75) is 46.1 Å². The van der Waals surface area contributed by atoms with Gasteiger partial charge in [-0.2, -0.15) is 0 Å². The quantitative estimate of drug-likeness (QED) is 0.468. The Kier molecular flexibility index (Phi) is 5.46. The normalized spacial score (nSPS) is 17.3. The van der Waals surface area contributed by atoms with E-state index in [-0.39, 0.29) is 0 Å². The Labute approximate surface area is 187 Å². The molecule has 0 saturated carbocycles. The summed E-state index contributed by atoms with van der Waals surface area (Å²) in [4.78, 5) is 17.9. The van der Waals surface area contributed by atoms with Crippen molar-refractivity contribution in [2.75, 3.05) is 18.4 Å². The van der Waals surface area contributed by atoms with Gasteiger partial charge in [0, 0.05) is 42.0 Å². The fourth-order valence-electron chi connectivity index (χ4n) is 4.48. The van der Waals surface area contributed by atoms with Gasteiger partial charge in [-0.3, -0.25) is 4.90 Å². The molecule has 1 saturated heterocycles. The molecule has 1 fully saturated rings. The van der Waals surface area contributed by atoms with Crippen LogP contribution in [-0.2, 0) is 6.54 Å². The molecule has 160 valence electrons. The predicted molar refractivity (Wildman–Crippen MR) is 126 cm³/mol. The maximum Gasteiger partial charge on any atom is 0.188 e. The number of anilines is 2. The standard InChI is InChI=1S/C24H28N6S/c1-16-7-5-12-30-21(18(3)26-23(16)30)15-29-11-6-8-19(14-29)20-9-4-10-22(27-20)28-24-25-13-17(2)31-24/h4-5,7,9-10,12-13,19H,6,8,11,14-15H2,1-3H3,(H,25,27,28)/t19-/m0/s1. The average Bonchev–Trinajstić information content (AvgIpc) is 3.32. The van der Waals surface area contributed by atoms with Gasteiger partial charge in [-0.15, -0.1) is 11.3 Å². The molecule has 1 atom stereocenters. The molecule has 0 aromatic carbocycles. The van der Waals surface area contributed by atoms with Gasteiger partial charge in [0.1, 0.15) is 11.5 Å². The number of aromatic nitrogens is 4. The number of rotatable bonds is 5. The lowest BCUT2D eigenvalue weighted by Crippen LogP contribution is -2.34. The first-order valence-electron chi connectivity index (χ1n) is 10.9. The second-order valence-corrected chi connectivity index (χ2v) is 9.69. The lowest BCUT2D eigenvalue weighted by atomic mass is 9.94. The first-order chi connectivity index (χ1) is 15.1. The van der Waals surface area contributed by atoms with Crippen LogP contribution >= 0.6 is 11.3 Å². The zero-order chi connectivity index (χ0) is 21.4. The van der Waals surface area contributed by atoms with Gasteiger partial charge >= 0.3 is 0 Å². The van der Waals surface area contributed by atoms with Gasteiger partial charge in [0.25, 0.3) is 0 Å². The Bertz CT molecular complexity index is 1210. The van der Waals surface area contributed by atoms with Crippen molar-refractivity contribution in [2.24, 2.45) is 0 Å². The van der Waals surface area contributed by atoms with E-state index in [2.05, 4.69) is 70.8 Å². The highest BCUT2D eigenvalue weighted by atomic mass is 32.1. The highest BCUT2D eigenvalue weighted by molar-refractivity contribution is 7.15. The van der Waals surface area contributed by atoms with Crippen molar-refractivity contribution in [3.8, 4) is 0 Å². The number of hydrogen-bond acceptors (Lipinski definition) is 6. The molecular formula is C24H28N6S. The maximum atomic E-state index is 4.92. The third-order valence-corrected chi connectivity index (χ3v) is 6.90. The summed E-state index contributed by atoms with van der Waals surface area (Å²) < 4.78 is 2.26. The monoisotopic (exact) mass is 432 g/mol. The highest BCUT2D eigenvalue weighted by Gasteiger charge is 2.24. The summed E-state index contributed by atoms with van der Waals surface area (Å²) in [6, 6.07) is 10.5. The number of pyridine rings is 2. The summed E-state index contributed by atoms with van der Waals surface area (Å²) in [5.74, 6) is 1.31. The van der Waals surface area contributed by atoms with E-state index in [4.69, 9.17) is 9.97 Å². The lowest BCUT2D eigenvalue weighted by molar-refractivity contribution is 0.195. The van der Waals surface area contributed by atoms with Crippen LogP contribution in [0.1, 0.15) is 46.3 Å². The smallest absolute Gasteiger partial charge is 0.188 e. The Hall–Kier alpha value is -2.77. The van der Waals surface area contributed by atoms with Crippen LogP contribution in [0.15, 0.2) is 42.7 Å². The van der Waals surface area contributed by atoms with Crippen molar-refractivity contribution in [1.82, 2.24) is 24.3 Å². The molecule has 4 aromatic heterocycles. The largest absolute Gasteiger partial charge is 0.316 e. The predicted octanol–water partition coefficient (Wildman–Crippen LogP) is 5.23. The molecule has 4 aromatic rings. The zero-order valence-electron chi connectivity index (χ0n) is 18.3. The second-order valence-electron chi connectivity index (χ2n) is 8.45. The molecule has 0 bridgehead atoms. The third kappa shape index (κ3) is 4.20. The number of piperidine rings is 1. The molecule has 1 aliphatic rings. The second kappa shape index (κ2) is 8.40. The van der Waals surface area contributed by atoms with Crippen LogP contribution < -0.4 is 5.32 Å². The van der Waals surface area contributed by atoms with Crippen LogP contribution in [0.4, 0.5) is 10.9 Å². The molecular weight excluding hydrogens is 404 g/mol. The first kappa shape index (κ1) is 20.2. The number of thiazole rings is 1. The number of fused-ring (bicyclic) bond motifs is 1. The minimum atomic E-state index is 0.440. The molecule has 0 radical (unpaired) electrons. The minimum absolute atomic E-state index is 0.440. The number of nitrogens with one attached hydrogen (secondary N) is 1. The molecule has 0 aliphatic carbocycles. The molecule has 31 heavy (non-hydrogen) atoms. The van der Waals surface area contributed by atoms with E-state index in [1.54, 1.807) is 11.3 Å². The lowest BCUT2D eigenvalue weighted by Gasteiger charge is -2.32. The Balaban J connectivity index is 1.33. The molecule has 1 N–H and O–H groups in total. The van der Waals surface area contributed by atoms with Gasteiger partial charge in [-0.05, 0) is 63.9 Å². The fraction of sp³-hybridized carbons (Fsp3) is 0.375. The molecule has 1 aliphatic heterocycles. The van der Waals surface area contributed by atoms with Crippen LogP contribution in [0.25, 0.3) is 5.65 Å². The third-order valence-electron chi connectivity index (χ3n) is 6.07. The van der Waals surface area contributed by atoms with Crippen LogP contribution in [0, 0.1) is 20.8 Å². The van der Waals surface area contributed by atoms with Crippen LogP contribution in [0.5, 0.6) is 0 Å². The molecule has 5 rings (SSSR count). The summed E-state index contributed by atoms with van der Waals surface area (Å²) in [6.07, 6.45) is 6.38. The van der Waals surface area contributed by atoms with Crippen LogP contribution in [0.2, 0.25) is 0 Å². The Morgan fingerprint density at radius 2 is 2.03 bits per heavy atom. The van der Waals surface area contributed by atoms with Crippen molar-refractivity contribution in [3.05, 3.63) is 70.2 Å². The molecule has 5 heterocycles. The van der Waals surface area contributed by atoms with Crippen molar-refractivity contribution in [3.63, 3.8) is 0 Å². The van der Waals surface area contributed by atoms with E-state index < -0.39 is 0 Å². The van der Waals surface area contributed by atoms with Crippen molar-refractivity contribution in [1.29, 1.82) is 0 Å². The highest BCUT2D eigenvalue weighted by Crippen LogP contribution is 2.29. The summed E-state index contributed by atoms with van der Waals surface area (Å²) in [6.45, 7) is 9.37. The zero-order valence-corrected chi connectivity index (χ0v) is 19.1. The van der Waals surface area contributed by atoms with Gasteiger partial charge in [0.15, 0.2) is 5.13 Å². The maximum absolute atomic E-state index is 4.92. The van der Waals surface area contributed by atoms with E-state index in [1.807, 2.05) is 12.3 Å². The average molecular weight is 433 g/mol. The summed E-state index contributed by atoms with van der Waals surface area (Å²) in [5.41, 5.74) is 5.87. The van der Waals surface area contributed by atoms with Gasteiger partial charge in [0.05, 0.1) is 11.4 Å². The summed E-state index contributed by atoms with van der Waals surface area (Å²) in [7, 11) is 0. The number of nitrogens with zero attached hydrogens (tertiary/aromatic N) is 5. The van der Waals surface area contributed by atoms with Gasteiger partial charge in [0.2, 0.25) is 0 Å². The number of aryl methyl sites for hydroxylation is 3. The van der Waals surface area contributed by atoms with Gasteiger partial charge < -0.3 is 9.72 Å². The van der Waals surface area contributed by atoms with Crippen molar-refractivity contribution < 1.29 is 0 Å². The van der Waals surface area contributed by atoms with E-state index in [0.29, 0.717) is 5.92 Å². The molecule has 0 spiro atoms. The topological polar surface area (TPSA) is 58.4 Å². The molecule has 6 nitrogen and oxygen atoms in total. The summed E-state index contributed by atoms with van der Waals surface area (Å²) >= 11 is 1.65. The van der Waals surface area contributed by atoms with E-state index >= 15 is 0 Å². The SMILES string of the molecule is Cc1cnc(Nc2cccc([C@H]3CCCN(Cc4c(C)nc5c(C)cccn45)C3)n2)s1. The van der Waals surface area contributed by atoms with Crippen LogP contribution in [0.3, 0.4) is 0 Å². The minimum Gasteiger partial charge on any atom is -0.316 e. The fourth-order valence-corrected chi connectivity index (χ4v) is 5.15. The summed E-state index contributed by atoms with van der Waals surface area (Å²) in [5, 5.41) is 4.25. The molecule has 0 unspecified atom stereocenters. The molecule has 7 heteroatoms. The van der Waals surface area contributed by atoms with Gasteiger partial charge in [-0.1, -0.05) is 12.1 Å². The first-order valence-corrected chi connectivity index (χ1v) is 11.7. The number of imidazole rings is 1.